The predicted octanol–water partition coefficient (Wildman–Crippen LogP) is 3.67. The van der Waals surface area contributed by atoms with Crippen LogP contribution in [-0.4, -0.2) is 51.1 Å². The Morgan fingerprint density at radius 1 is 1.20 bits per heavy atom. The fraction of sp³-hybridized carbons (Fsp3) is 0.952. The van der Waals surface area contributed by atoms with Crippen LogP contribution in [-0.2, 0) is 4.79 Å². The van der Waals surface area contributed by atoms with Crippen LogP contribution in [0.5, 0.6) is 0 Å². The summed E-state index contributed by atoms with van der Waals surface area (Å²) in [6.07, 6.45) is 9.51. The first-order valence-electron chi connectivity index (χ1n) is 10.6. The highest BCUT2D eigenvalue weighted by Gasteiger charge is 2.43. The van der Waals surface area contributed by atoms with Crippen LogP contribution in [0.3, 0.4) is 0 Å². The summed E-state index contributed by atoms with van der Waals surface area (Å²) in [5, 5.41) is 6.49. The van der Waals surface area contributed by atoms with Crippen LogP contribution in [0.1, 0.15) is 72.1 Å². The van der Waals surface area contributed by atoms with Crippen molar-refractivity contribution in [2.75, 3.05) is 40.3 Å². The number of hydrogen-bond acceptors (Lipinski definition) is 3. The molecule has 0 aromatic heterocycles. The van der Waals surface area contributed by atoms with E-state index < -0.39 is 0 Å². The fourth-order valence-corrected chi connectivity index (χ4v) is 4.29. The SMILES string of the molecule is CCC(CCN(C)CCCNC)(C(=O)NCC(C)C)C1CCCCC1. The van der Waals surface area contributed by atoms with Gasteiger partial charge in [-0.1, -0.05) is 40.0 Å². The molecule has 1 unspecified atom stereocenters. The summed E-state index contributed by atoms with van der Waals surface area (Å²) in [6.45, 7) is 10.5. The molecule has 1 saturated carbocycles. The van der Waals surface area contributed by atoms with E-state index in [0.29, 0.717) is 17.7 Å². The van der Waals surface area contributed by atoms with Crippen molar-refractivity contribution in [2.24, 2.45) is 17.3 Å². The monoisotopic (exact) mass is 353 g/mol. The van der Waals surface area contributed by atoms with E-state index in [-0.39, 0.29) is 5.41 Å². The predicted molar refractivity (Wildman–Crippen MR) is 108 cm³/mol. The first kappa shape index (κ1) is 22.4. The van der Waals surface area contributed by atoms with Crippen molar-refractivity contribution in [1.82, 2.24) is 15.5 Å². The molecule has 1 aliphatic carbocycles. The highest BCUT2D eigenvalue weighted by Crippen LogP contribution is 2.44. The summed E-state index contributed by atoms with van der Waals surface area (Å²) in [5.41, 5.74) is -0.174. The Hall–Kier alpha value is -0.610. The zero-order valence-corrected chi connectivity index (χ0v) is 17.5. The topological polar surface area (TPSA) is 44.4 Å². The van der Waals surface area contributed by atoms with Gasteiger partial charge in [0, 0.05) is 6.54 Å². The molecular formula is C21H43N3O. The number of carbonyl (C=O) groups is 1. The van der Waals surface area contributed by atoms with Gasteiger partial charge in [-0.25, -0.2) is 0 Å². The smallest absolute Gasteiger partial charge is 0.226 e. The standard InChI is InChI=1S/C21H43N3O/c1-6-21(19-11-8-7-9-12-19,20(25)23-17-18(2)3)13-16-24(5)15-10-14-22-4/h18-19,22H,6-17H2,1-5H3,(H,23,25). The van der Waals surface area contributed by atoms with Crippen molar-refractivity contribution >= 4 is 5.91 Å². The van der Waals surface area contributed by atoms with Crippen molar-refractivity contribution < 1.29 is 4.79 Å². The van der Waals surface area contributed by atoms with E-state index in [1.807, 2.05) is 7.05 Å². The molecule has 0 spiro atoms. The van der Waals surface area contributed by atoms with Crippen LogP contribution in [0.2, 0.25) is 0 Å². The van der Waals surface area contributed by atoms with Gasteiger partial charge >= 0.3 is 0 Å². The summed E-state index contributed by atoms with van der Waals surface area (Å²) >= 11 is 0. The van der Waals surface area contributed by atoms with E-state index >= 15 is 0 Å². The third-order valence-corrected chi connectivity index (χ3v) is 6.05. The van der Waals surface area contributed by atoms with Gasteiger partial charge in [-0.2, -0.15) is 0 Å². The lowest BCUT2D eigenvalue weighted by Gasteiger charge is -2.42. The molecule has 1 fully saturated rings. The molecule has 4 nitrogen and oxygen atoms in total. The van der Waals surface area contributed by atoms with E-state index in [2.05, 4.69) is 43.4 Å². The number of nitrogens with zero attached hydrogens (tertiary/aromatic N) is 1. The second-order valence-corrected chi connectivity index (χ2v) is 8.46. The quantitative estimate of drug-likeness (QED) is 0.526. The van der Waals surface area contributed by atoms with Crippen LogP contribution >= 0.6 is 0 Å². The van der Waals surface area contributed by atoms with E-state index in [1.54, 1.807) is 0 Å². The largest absolute Gasteiger partial charge is 0.355 e. The van der Waals surface area contributed by atoms with Crippen LogP contribution in [0.4, 0.5) is 0 Å². The number of nitrogens with one attached hydrogen (secondary N) is 2. The molecular weight excluding hydrogens is 310 g/mol. The average molecular weight is 354 g/mol. The molecule has 0 aromatic carbocycles. The van der Waals surface area contributed by atoms with Crippen molar-refractivity contribution in [2.45, 2.75) is 72.1 Å². The molecule has 25 heavy (non-hydrogen) atoms. The molecule has 0 radical (unpaired) electrons. The van der Waals surface area contributed by atoms with Crippen LogP contribution in [0, 0.1) is 17.3 Å². The number of carbonyl (C=O) groups excluding carboxylic acids is 1. The molecule has 148 valence electrons. The van der Waals surface area contributed by atoms with Crippen molar-refractivity contribution in [3.8, 4) is 0 Å². The lowest BCUT2D eigenvalue weighted by atomic mass is 9.64. The van der Waals surface area contributed by atoms with Gasteiger partial charge in [-0.3, -0.25) is 4.79 Å². The second kappa shape index (κ2) is 11.9. The summed E-state index contributed by atoms with van der Waals surface area (Å²) < 4.78 is 0. The van der Waals surface area contributed by atoms with Gasteiger partial charge in [0.1, 0.15) is 0 Å². The highest BCUT2D eigenvalue weighted by molar-refractivity contribution is 5.83. The van der Waals surface area contributed by atoms with Crippen molar-refractivity contribution in [1.29, 1.82) is 0 Å². The third-order valence-electron chi connectivity index (χ3n) is 6.05. The minimum atomic E-state index is -0.174. The number of rotatable bonds is 12. The molecule has 1 atom stereocenters. The highest BCUT2D eigenvalue weighted by atomic mass is 16.2. The maximum absolute atomic E-state index is 13.2. The summed E-state index contributed by atoms with van der Waals surface area (Å²) in [5.74, 6) is 1.39. The van der Waals surface area contributed by atoms with Crippen molar-refractivity contribution in [3.63, 3.8) is 0 Å². The lowest BCUT2D eigenvalue weighted by molar-refractivity contribution is -0.136. The minimum Gasteiger partial charge on any atom is -0.355 e. The zero-order valence-electron chi connectivity index (χ0n) is 17.5. The van der Waals surface area contributed by atoms with Gasteiger partial charge in [0.05, 0.1) is 5.41 Å². The molecule has 1 aliphatic rings. The maximum atomic E-state index is 13.2. The van der Waals surface area contributed by atoms with Gasteiger partial charge in [0.2, 0.25) is 5.91 Å². The lowest BCUT2D eigenvalue weighted by Crippen LogP contribution is -2.48. The summed E-state index contributed by atoms with van der Waals surface area (Å²) in [4.78, 5) is 15.6. The molecule has 0 aliphatic heterocycles. The zero-order chi connectivity index (χ0) is 18.7. The summed E-state index contributed by atoms with van der Waals surface area (Å²) in [7, 11) is 4.20. The molecule has 2 N–H and O–H groups in total. The maximum Gasteiger partial charge on any atom is 0.226 e. The average Bonchev–Trinajstić information content (AvgIpc) is 2.62. The minimum absolute atomic E-state index is 0.174. The molecule has 0 bridgehead atoms. The van der Waals surface area contributed by atoms with E-state index in [1.165, 1.54) is 32.1 Å². The Bertz CT molecular complexity index is 366. The van der Waals surface area contributed by atoms with Crippen molar-refractivity contribution in [3.05, 3.63) is 0 Å². The van der Waals surface area contributed by atoms with E-state index in [0.717, 1.165) is 45.4 Å². The summed E-state index contributed by atoms with van der Waals surface area (Å²) in [6, 6.07) is 0. The Balaban J connectivity index is 2.75. The number of amides is 1. The van der Waals surface area contributed by atoms with Crippen LogP contribution < -0.4 is 10.6 Å². The molecule has 1 rings (SSSR count). The fourth-order valence-electron chi connectivity index (χ4n) is 4.29. The van der Waals surface area contributed by atoms with Gasteiger partial charge in [-0.15, -0.1) is 0 Å². The van der Waals surface area contributed by atoms with Gasteiger partial charge in [-0.05, 0) is 77.7 Å². The third kappa shape index (κ3) is 7.26. The van der Waals surface area contributed by atoms with Gasteiger partial charge in [0.15, 0.2) is 0 Å². The Morgan fingerprint density at radius 3 is 2.44 bits per heavy atom. The molecule has 0 heterocycles. The van der Waals surface area contributed by atoms with Crippen LogP contribution in [0.15, 0.2) is 0 Å². The van der Waals surface area contributed by atoms with E-state index in [4.69, 9.17) is 0 Å². The molecule has 0 saturated heterocycles. The van der Waals surface area contributed by atoms with E-state index in [9.17, 15) is 4.79 Å². The van der Waals surface area contributed by atoms with Crippen LogP contribution in [0.25, 0.3) is 0 Å². The molecule has 4 heteroatoms. The normalized spacial score (nSPS) is 18.5. The second-order valence-electron chi connectivity index (χ2n) is 8.46. The first-order valence-corrected chi connectivity index (χ1v) is 10.6. The van der Waals surface area contributed by atoms with Gasteiger partial charge < -0.3 is 15.5 Å². The Kier molecular flexibility index (Phi) is 10.7. The number of hydrogen-bond donors (Lipinski definition) is 2. The van der Waals surface area contributed by atoms with Gasteiger partial charge in [0.25, 0.3) is 0 Å². The Morgan fingerprint density at radius 2 is 1.88 bits per heavy atom. The molecule has 0 aromatic rings. The molecule has 1 amide bonds. The first-order chi connectivity index (χ1) is 12.0. The Labute approximate surface area is 156 Å².